The molecule has 0 aliphatic rings. The van der Waals surface area contributed by atoms with Gasteiger partial charge in [0.25, 0.3) is 0 Å². The van der Waals surface area contributed by atoms with Crippen molar-refractivity contribution in [3.63, 3.8) is 0 Å². The van der Waals surface area contributed by atoms with Gasteiger partial charge in [0.05, 0.1) is 0 Å². The quantitative estimate of drug-likeness (QED) is 0.800. The van der Waals surface area contributed by atoms with Crippen LogP contribution in [0.2, 0.25) is 0 Å². The molecule has 0 aliphatic carbocycles. The molecule has 0 aromatic heterocycles. The van der Waals surface area contributed by atoms with Crippen molar-refractivity contribution < 1.29 is 19.4 Å². The van der Waals surface area contributed by atoms with Gasteiger partial charge in [-0.25, -0.2) is 4.79 Å². The predicted octanol–water partition coefficient (Wildman–Crippen LogP) is 1.14. The Balaban J connectivity index is 3.60. The molecule has 0 spiro atoms. The van der Waals surface area contributed by atoms with Crippen LogP contribution in [0.5, 0.6) is 5.75 Å². The van der Waals surface area contributed by atoms with Gasteiger partial charge in [-0.3, -0.25) is 0 Å². The number of terminal acetylenes is 2. The van der Waals surface area contributed by atoms with E-state index in [4.69, 9.17) is 22.3 Å². The van der Waals surface area contributed by atoms with E-state index in [9.17, 15) is 9.90 Å². The number of allylic oxidation sites excluding steroid dienone is 1. The summed E-state index contributed by atoms with van der Waals surface area (Å²) in [6.45, 7) is 5.72. The molecule has 0 amide bonds. The summed E-state index contributed by atoms with van der Waals surface area (Å²) in [7, 11) is 0. The fourth-order valence-electron chi connectivity index (χ4n) is 1.75. The van der Waals surface area contributed by atoms with E-state index in [0.29, 0.717) is 16.2 Å². The molecule has 4 heteroatoms. The standard InChI is InChI=1S/C18H16O4/c1-5-8-16(21-9-6-2)14-12-17(22-10-7-3)15(18(19)20)11-13(14)4/h2-3,5,8,11-12H,4,9-10H2,1H3,(H,19,20)/b8-5-,16-14+. The van der Waals surface area contributed by atoms with Crippen molar-refractivity contribution in [2.24, 2.45) is 0 Å². The zero-order chi connectivity index (χ0) is 16.5. The molecule has 22 heavy (non-hydrogen) atoms. The first kappa shape index (κ1) is 16.9. The Morgan fingerprint density at radius 3 is 2.59 bits per heavy atom. The second kappa shape index (κ2) is 8.24. The van der Waals surface area contributed by atoms with Gasteiger partial charge in [0.2, 0.25) is 0 Å². The summed E-state index contributed by atoms with van der Waals surface area (Å²) < 4.78 is 10.8. The van der Waals surface area contributed by atoms with Crippen molar-refractivity contribution in [2.75, 3.05) is 13.2 Å². The van der Waals surface area contributed by atoms with Crippen LogP contribution in [0.15, 0.2) is 24.3 Å². The Labute approximate surface area is 129 Å². The molecule has 0 atom stereocenters. The van der Waals surface area contributed by atoms with E-state index in [1.165, 1.54) is 12.1 Å². The van der Waals surface area contributed by atoms with Crippen molar-refractivity contribution in [1.82, 2.24) is 0 Å². The zero-order valence-corrected chi connectivity index (χ0v) is 12.3. The fourth-order valence-corrected chi connectivity index (χ4v) is 1.75. The molecule has 1 N–H and O–H groups in total. The Morgan fingerprint density at radius 1 is 1.36 bits per heavy atom. The second-order valence-electron chi connectivity index (χ2n) is 4.16. The lowest BCUT2D eigenvalue weighted by atomic mass is 10.1. The molecular formula is C18H16O4. The first-order valence-electron chi connectivity index (χ1n) is 6.41. The summed E-state index contributed by atoms with van der Waals surface area (Å²) in [4.78, 5) is 11.3. The summed E-state index contributed by atoms with van der Waals surface area (Å²) >= 11 is 0. The van der Waals surface area contributed by atoms with E-state index in [2.05, 4.69) is 18.4 Å². The van der Waals surface area contributed by atoms with Crippen LogP contribution in [-0.4, -0.2) is 24.3 Å². The van der Waals surface area contributed by atoms with Crippen LogP contribution in [0.4, 0.5) is 0 Å². The van der Waals surface area contributed by atoms with Gasteiger partial charge in [-0.15, -0.1) is 12.8 Å². The van der Waals surface area contributed by atoms with Crippen LogP contribution in [-0.2, 0) is 4.74 Å². The van der Waals surface area contributed by atoms with Gasteiger partial charge in [-0.05, 0) is 30.4 Å². The Bertz CT molecular complexity index is 773. The maximum Gasteiger partial charge on any atom is 0.339 e. The highest BCUT2D eigenvalue weighted by molar-refractivity contribution is 5.91. The largest absolute Gasteiger partial charge is 0.480 e. The number of benzene rings is 1. The van der Waals surface area contributed by atoms with Crippen LogP contribution in [0.1, 0.15) is 17.3 Å². The molecule has 112 valence electrons. The SMILES string of the molecule is C#CCOC(/C=C\C)=c1\cc(OCC#C)c(C(=O)O)cc1=C. The molecule has 0 aliphatic heterocycles. The maximum atomic E-state index is 11.3. The lowest BCUT2D eigenvalue weighted by Gasteiger charge is -2.09. The summed E-state index contributed by atoms with van der Waals surface area (Å²) in [6, 6.07) is 2.95. The Hall–Kier alpha value is -3.11. The summed E-state index contributed by atoms with van der Waals surface area (Å²) in [6.07, 6.45) is 13.8. The Morgan fingerprint density at radius 2 is 2.05 bits per heavy atom. The Kier molecular flexibility index (Phi) is 6.34. The predicted molar refractivity (Wildman–Crippen MR) is 85.5 cm³/mol. The highest BCUT2D eigenvalue weighted by Gasteiger charge is 2.12. The van der Waals surface area contributed by atoms with Crippen molar-refractivity contribution in [3.05, 3.63) is 40.3 Å². The van der Waals surface area contributed by atoms with Gasteiger partial charge < -0.3 is 14.6 Å². The van der Waals surface area contributed by atoms with Gasteiger partial charge in [0.15, 0.2) is 0 Å². The maximum absolute atomic E-state index is 11.3. The van der Waals surface area contributed by atoms with E-state index in [1.807, 2.05) is 6.92 Å². The van der Waals surface area contributed by atoms with Crippen molar-refractivity contribution in [1.29, 1.82) is 0 Å². The average Bonchev–Trinajstić information content (AvgIpc) is 2.50. The molecule has 4 nitrogen and oxygen atoms in total. The third kappa shape index (κ3) is 4.19. The summed E-state index contributed by atoms with van der Waals surface area (Å²) in [5, 5.41) is 10.3. The summed E-state index contributed by atoms with van der Waals surface area (Å²) in [5.74, 6) is 4.18. The van der Waals surface area contributed by atoms with Gasteiger partial charge in [0.1, 0.15) is 30.3 Å². The van der Waals surface area contributed by atoms with Crippen LogP contribution in [0, 0.1) is 24.7 Å². The van der Waals surface area contributed by atoms with E-state index >= 15 is 0 Å². The summed E-state index contributed by atoms with van der Waals surface area (Å²) in [5.41, 5.74) is -0.0132. The number of ether oxygens (including phenoxy) is 2. The van der Waals surface area contributed by atoms with E-state index in [-0.39, 0.29) is 24.5 Å². The first-order chi connectivity index (χ1) is 10.5. The monoisotopic (exact) mass is 296 g/mol. The highest BCUT2D eigenvalue weighted by atomic mass is 16.5. The van der Waals surface area contributed by atoms with Crippen molar-refractivity contribution >= 4 is 18.3 Å². The minimum absolute atomic E-state index is 0.0132. The number of carbonyl (C=O) groups is 1. The molecule has 0 fully saturated rings. The molecule has 1 aromatic carbocycles. The van der Waals surface area contributed by atoms with Gasteiger partial charge in [-0.1, -0.05) is 24.5 Å². The highest BCUT2D eigenvalue weighted by Crippen LogP contribution is 2.14. The molecule has 0 saturated heterocycles. The lowest BCUT2D eigenvalue weighted by Crippen LogP contribution is -2.28. The lowest BCUT2D eigenvalue weighted by molar-refractivity contribution is 0.0692. The van der Waals surface area contributed by atoms with Crippen LogP contribution in [0.3, 0.4) is 0 Å². The number of carboxylic acids is 1. The molecule has 0 bridgehead atoms. The molecule has 1 rings (SSSR count). The molecular weight excluding hydrogens is 280 g/mol. The fraction of sp³-hybridized carbons (Fsp3) is 0.167. The average molecular weight is 296 g/mol. The number of carboxylic acid groups (broad SMARTS) is 1. The van der Waals surface area contributed by atoms with E-state index < -0.39 is 5.97 Å². The van der Waals surface area contributed by atoms with E-state index in [1.54, 1.807) is 12.2 Å². The number of hydrogen-bond donors (Lipinski definition) is 1. The molecule has 0 radical (unpaired) electrons. The molecule has 0 heterocycles. The number of hydrogen-bond acceptors (Lipinski definition) is 3. The van der Waals surface area contributed by atoms with Gasteiger partial charge >= 0.3 is 5.97 Å². The van der Waals surface area contributed by atoms with E-state index in [0.717, 1.165) is 0 Å². The van der Waals surface area contributed by atoms with Gasteiger partial charge in [-0.2, -0.15) is 0 Å². The third-order valence-corrected chi connectivity index (χ3v) is 2.64. The zero-order valence-electron chi connectivity index (χ0n) is 12.3. The van der Waals surface area contributed by atoms with Crippen LogP contribution < -0.4 is 15.2 Å². The molecule has 1 aromatic rings. The molecule has 0 saturated carbocycles. The molecule has 0 unspecified atom stereocenters. The van der Waals surface area contributed by atoms with Crippen LogP contribution in [0.25, 0.3) is 12.3 Å². The normalized spacial score (nSPS) is 11.4. The second-order valence-corrected chi connectivity index (χ2v) is 4.16. The third-order valence-electron chi connectivity index (χ3n) is 2.64. The van der Waals surface area contributed by atoms with Gasteiger partial charge in [0, 0.05) is 5.22 Å². The number of aromatic carboxylic acids is 1. The first-order valence-corrected chi connectivity index (χ1v) is 6.41. The topological polar surface area (TPSA) is 55.8 Å². The van der Waals surface area contributed by atoms with Crippen molar-refractivity contribution in [2.45, 2.75) is 6.92 Å². The van der Waals surface area contributed by atoms with Crippen molar-refractivity contribution in [3.8, 4) is 30.4 Å². The van der Waals surface area contributed by atoms with Crippen LogP contribution >= 0.6 is 0 Å². The smallest absolute Gasteiger partial charge is 0.339 e. The minimum Gasteiger partial charge on any atom is -0.480 e. The minimum atomic E-state index is -1.12. The number of rotatable bonds is 6.